The Morgan fingerprint density at radius 2 is 1.40 bits per heavy atom. The molecule has 2 aromatic rings. The van der Waals surface area contributed by atoms with E-state index in [1.165, 1.54) is 12.5 Å². The number of benzene rings is 2. The molecule has 0 amide bonds. The fourth-order valence-electron chi connectivity index (χ4n) is 1.24. The van der Waals surface area contributed by atoms with Gasteiger partial charge in [0, 0.05) is 11.6 Å². The standard InChI is InChI=1S/C9H8O2.C8H8.C4H6O2/c1-2-9(10)11-8-6-4-3-5-7-8;1-2-8-6-4-3-5-7-8;1-3(2)4(5)6/h2-7H,1H2;2-7H,1H2;1H2,2H3,(H,5,6). The largest absolute Gasteiger partial charge is 0.478 e. The fraction of sp³-hybridized carbons (Fsp3) is 0.0476. The number of aliphatic carboxylic acids is 1. The molecular formula is C21H22O4. The van der Waals surface area contributed by atoms with Crippen LogP contribution in [0.5, 0.6) is 5.75 Å². The van der Waals surface area contributed by atoms with Crippen LogP contribution in [0, 0.1) is 0 Å². The van der Waals surface area contributed by atoms with Crippen LogP contribution in [0.2, 0.25) is 0 Å². The normalized spacial score (nSPS) is 8.36. The van der Waals surface area contributed by atoms with Crippen molar-refractivity contribution in [3.8, 4) is 5.75 Å². The third-order valence-corrected chi connectivity index (χ3v) is 2.53. The predicted octanol–water partition coefficient (Wildman–Crippen LogP) is 4.75. The lowest BCUT2D eigenvalue weighted by Gasteiger charge is -1.98. The highest BCUT2D eigenvalue weighted by atomic mass is 16.5. The van der Waals surface area contributed by atoms with Crippen molar-refractivity contribution < 1.29 is 19.4 Å². The van der Waals surface area contributed by atoms with Crippen molar-refractivity contribution >= 4 is 18.0 Å². The van der Waals surface area contributed by atoms with E-state index in [0.717, 1.165) is 6.08 Å². The summed E-state index contributed by atoms with van der Waals surface area (Å²) in [6, 6.07) is 18.9. The number of rotatable bonds is 4. The van der Waals surface area contributed by atoms with E-state index in [1.54, 1.807) is 24.3 Å². The SMILES string of the molecule is C=C(C)C(=O)O.C=CC(=O)Oc1ccccc1.C=Cc1ccccc1. The van der Waals surface area contributed by atoms with Crippen LogP contribution in [-0.2, 0) is 9.59 Å². The van der Waals surface area contributed by atoms with Crippen LogP contribution in [0.4, 0.5) is 0 Å². The lowest BCUT2D eigenvalue weighted by Crippen LogP contribution is -2.02. The number of hydrogen-bond acceptors (Lipinski definition) is 3. The molecule has 0 atom stereocenters. The smallest absolute Gasteiger partial charge is 0.335 e. The number of carboxylic acid groups (broad SMARTS) is 1. The first kappa shape index (κ1) is 21.6. The first-order valence-corrected chi connectivity index (χ1v) is 7.36. The molecule has 0 bridgehead atoms. The zero-order valence-corrected chi connectivity index (χ0v) is 14.2. The van der Waals surface area contributed by atoms with Gasteiger partial charge in [0.25, 0.3) is 0 Å². The maximum Gasteiger partial charge on any atom is 0.335 e. The second kappa shape index (κ2) is 13.1. The summed E-state index contributed by atoms with van der Waals surface area (Å²) in [7, 11) is 0. The lowest BCUT2D eigenvalue weighted by molar-refractivity contribution is -0.132. The Bertz CT molecular complexity index is 676. The van der Waals surface area contributed by atoms with Gasteiger partial charge in [-0.25, -0.2) is 9.59 Å². The second-order valence-corrected chi connectivity index (χ2v) is 4.64. The average Bonchev–Trinajstić information content (AvgIpc) is 2.64. The molecule has 1 N–H and O–H groups in total. The Kier molecular flexibility index (Phi) is 11.3. The number of para-hydroxylation sites is 1. The van der Waals surface area contributed by atoms with Crippen molar-refractivity contribution in [1.82, 2.24) is 0 Å². The van der Waals surface area contributed by atoms with Crippen molar-refractivity contribution in [1.29, 1.82) is 0 Å². The number of esters is 1. The van der Waals surface area contributed by atoms with Crippen LogP contribution in [0.1, 0.15) is 12.5 Å². The molecule has 2 aromatic carbocycles. The van der Waals surface area contributed by atoms with Crippen LogP contribution in [-0.4, -0.2) is 17.0 Å². The Morgan fingerprint density at radius 3 is 1.72 bits per heavy atom. The van der Waals surface area contributed by atoms with E-state index in [9.17, 15) is 9.59 Å². The maximum atomic E-state index is 10.6. The number of ether oxygens (including phenoxy) is 1. The van der Waals surface area contributed by atoms with Crippen LogP contribution in [0.3, 0.4) is 0 Å². The van der Waals surface area contributed by atoms with Gasteiger partial charge >= 0.3 is 11.9 Å². The van der Waals surface area contributed by atoms with Crippen LogP contribution >= 0.6 is 0 Å². The molecule has 0 spiro atoms. The van der Waals surface area contributed by atoms with Gasteiger partial charge < -0.3 is 9.84 Å². The van der Waals surface area contributed by atoms with E-state index >= 15 is 0 Å². The molecule has 0 heterocycles. The molecule has 0 aliphatic heterocycles. The number of carboxylic acids is 1. The quantitative estimate of drug-likeness (QED) is 0.496. The van der Waals surface area contributed by atoms with Crippen molar-refractivity contribution in [2.24, 2.45) is 0 Å². The second-order valence-electron chi connectivity index (χ2n) is 4.64. The minimum atomic E-state index is -0.935. The number of carbonyl (C=O) groups is 2. The third-order valence-electron chi connectivity index (χ3n) is 2.53. The Labute approximate surface area is 148 Å². The molecule has 0 fully saturated rings. The van der Waals surface area contributed by atoms with Gasteiger partial charge in [-0.15, -0.1) is 0 Å². The molecule has 0 saturated heterocycles. The molecule has 0 aliphatic carbocycles. The molecular weight excluding hydrogens is 316 g/mol. The van der Waals surface area contributed by atoms with Crippen LogP contribution in [0.25, 0.3) is 6.08 Å². The van der Waals surface area contributed by atoms with E-state index < -0.39 is 11.9 Å². The highest BCUT2D eigenvalue weighted by Crippen LogP contribution is 2.08. The molecule has 0 aliphatic rings. The van der Waals surface area contributed by atoms with Crippen molar-refractivity contribution in [2.75, 3.05) is 0 Å². The summed E-state index contributed by atoms with van der Waals surface area (Å²) in [5.41, 5.74) is 1.35. The number of carbonyl (C=O) groups excluding carboxylic acids is 1. The molecule has 2 rings (SSSR count). The van der Waals surface area contributed by atoms with Gasteiger partial charge in [-0.2, -0.15) is 0 Å². The molecule has 4 nitrogen and oxygen atoms in total. The summed E-state index contributed by atoms with van der Waals surface area (Å²) in [6.07, 6.45) is 2.97. The van der Waals surface area contributed by atoms with Crippen molar-refractivity contribution in [2.45, 2.75) is 6.92 Å². The third kappa shape index (κ3) is 11.8. The van der Waals surface area contributed by atoms with Crippen LogP contribution < -0.4 is 4.74 Å². The zero-order valence-electron chi connectivity index (χ0n) is 14.2. The average molecular weight is 338 g/mol. The van der Waals surface area contributed by atoms with Crippen molar-refractivity contribution in [3.63, 3.8) is 0 Å². The summed E-state index contributed by atoms with van der Waals surface area (Å²) in [6.45, 7) is 11.5. The van der Waals surface area contributed by atoms with Gasteiger partial charge in [-0.1, -0.05) is 74.3 Å². The minimum Gasteiger partial charge on any atom is -0.478 e. The Balaban J connectivity index is 0.000000365. The highest BCUT2D eigenvalue weighted by molar-refractivity contribution is 5.84. The molecule has 0 unspecified atom stereocenters. The topological polar surface area (TPSA) is 63.6 Å². The monoisotopic (exact) mass is 338 g/mol. The Morgan fingerprint density at radius 1 is 0.960 bits per heavy atom. The molecule has 130 valence electrons. The minimum absolute atomic E-state index is 0.176. The van der Waals surface area contributed by atoms with Crippen molar-refractivity contribution in [3.05, 3.63) is 97.6 Å². The summed E-state index contributed by atoms with van der Waals surface area (Å²) in [4.78, 5) is 20.2. The molecule has 0 radical (unpaired) electrons. The lowest BCUT2D eigenvalue weighted by atomic mass is 10.2. The van der Waals surface area contributed by atoms with E-state index in [2.05, 4.69) is 19.7 Å². The first-order chi connectivity index (χ1) is 11.9. The Hall–Kier alpha value is -3.40. The molecule has 4 heteroatoms. The molecule has 0 aromatic heterocycles. The fourth-order valence-corrected chi connectivity index (χ4v) is 1.24. The van der Waals surface area contributed by atoms with Gasteiger partial charge in [0.1, 0.15) is 5.75 Å². The molecule has 25 heavy (non-hydrogen) atoms. The van der Waals surface area contributed by atoms with E-state index in [4.69, 9.17) is 9.84 Å². The summed E-state index contributed by atoms with van der Waals surface area (Å²) < 4.78 is 4.81. The van der Waals surface area contributed by atoms with Crippen LogP contribution in [0.15, 0.2) is 92.0 Å². The van der Waals surface area contributed by atoms with Gasteiger partial charge in [-0.05, 0) is 24.6 Å². The first-order valence-electron chi connectivity index (χ1n) is 7.36. The predicted molar refractivity (Wildman–Crippen MR) is 101 cm³/mol. The summed E-state index contributed by atoms with van der Waals surface area (Å²) >= 11 is 0. The van der Waals surface area contributed by atoms with Gasteiger partial charge in [0.15, 0.2) is 0 Å². The zero-order chi connectivity index (χ0) is 19.1. The highest BCUT2D eigenvalue weighted by Gasteiger charge is 1.95. The van der Waals surface area contributed by atoms with E-state index in [1.807, 2.05) is 42.5 Å². The van der Waals surface area contributed by atoms with Gasteiger partial charge in [0.2, 0.25) is 0 Å². The molecule has 0 saturated carbocycles. The van der Waals surface area contributed by atoms with E-state index in [0.29, 0.717) is 5.75 Å². The van der Waals surface area contributed by atoms with Gasteiger partial charge in [-0.3, -0.25) is 0 Å². The van der Waals surface area contributed by atoms with Gasteiger partial charge in [0.05, 0.1) is 0 Å². The summed E-state index contributed by atoms with van der Waals surface area (Å²) in [5.74, 6) is -0.830. The number of hydrogen-bond donors (Lipinski definition) is 1. The maximum absolute atomic E-state index is 10.6. The summed E-state index contributed by atoms with van der Waals surface area (Å²) in [5, 5.41) is 7.89. The van der Waals surface area contributed by atoms with E-state index in [-0.39, 0.29) is 5.57 Å².